The summed E-state index contributed by atoms with van der Waals surface area (Å²) in [4.78, 5) is 23.5. The van der Waals surface area contributed by atoms with Gasteiger partial charge in [-0.3, -0.25) is 14.9 Å². The van der Waals surface area contributed by atoms with E-state index in [0.717, 1.165) is 0 Å². The number of hydrogen-bond acceptors (Lipinski definition) is 5. The van der Waals surface area contributed by atoms with Gasteiger partial charge in [0.15, 0.2) is 0 Å². The summed E-state index contributed by atoms with van der Waals surface area (Å²) in [5, 5.41) is 19.8. The molecule has 1 heterocycles. The summed E-state index contributed by atoms with van der Waals surface area (Å²) in [5.41, 5.74) is 0.780. The van der Waals surface area contributed by atoms with Crippen molar-refractivity contribution >= 4 is 17.2 Å². The number of carbonyl (C=O) groups excluding carboxylic acids is 1. The van der Waals surface area contributed by atoms with Crippen LogP contribution in [0.15, 0.2) is 18.2 Å². The van der Waals surface area contributed by atoms with Crippen molar-refractivity contribution in [1.29, 1.82) is 5.26 Å². The smallest absolute Gasteiger partial charge is 0.292 e. The largest absolute Gasteiger partial charge is 0.365 e. The normalized spacial score (nSPS) is 15.3. The van der Waals surface area contributed by atoms with Crippen molar-refractivity contribution in [2.75, 3.05) is 18.0 Å². The minimum absolute atomic E-state index is 0.0247. The molecule has 1 aliphatic heterocycles. The molecule has 1 aromatic rings. The predicted octanol–water partition coefficient (Wildman–Crippen LogP) is 1.64. The summed E-state index contributed by atoms with van der Waals surface area (Å²) in [6.45, 7) is 0.934. The summed E-state index contributed by atoms with van der Waals surface area (Å²) < 4.78 is 0. The van der Waals surface area contributed by atoms with E-state index in [-0.39, 0.29) is 11.5 Å². The fourth-order valence-corrected chi connectivity index (χ4v) is 2.00. The molecule has 0 bridgehead atoms. The molecule has 0 atom stereocenters. The van der Waals surface area contributed by atoms with E-state index in [9.17, 15) is 14.9 Å². The highest BCUT2D eigenvalue weighted by molar-refractivity contribution is 5.81. The SMILES string of the molecule is N#Cc1ccc([N+](=O)[O-])c(N2CCC(=O)CC2)c1. The monoisotopic (exact) mass is 245 g/mol. The number of piperidine rings is 1. The first-order chi connectivity index (χ1) is 8.61. The van der Waals surface area contributed by atoms with Crippen molar-refractivity contribution in [2.24, 2.45) is 0 Å². The molecule has 0 aliphatic carbocycles. The van der Waals surface area contributed by atoms with Gasteiger partial charge in [0.2, 0.25) is 0 Å². The van der Waals surface area contributed by atoms with Crippen LogP contribution >= 0.6 is 0 Å². The number of rotatable bonds is 2. The molecular weight excluding hydrogens is 234 g/mol. The highest BCUT2D eigenvalue weighted by Gasteiger charge is 2.23. The molecule has 1 saturated heterocycles. The zero-order valence-corrected chi connectivity index (χ0v) is 9.63. The Labute approximate surface area is 104 Å². The Balaban J connectivity index is 2.38. The van der Waals surface area contributed by atoms with Gasteiger partial charge in [-0.2, -0.15) is 5.26 Å². The molecule has 0 amide bonds. The molecule has 18 heavy (non-hydrogen) atoms. The van der Waals surface area contributed by atoms with E-state index in [1.54, 1.807) is 4.90 Å². The van der Waals surface area contributed by atoms with Crippen LogP contribution in [0.3, 0.4) is 0 Å². The molecule has 0 saturated carbocycles. The van der Waals surface area contributed by atoms with E-state index in [4.69, 9.17) is 5.26 Å². The van der Waals surface area contributed by atoms with Gasteiger partial charge in [0.05, 0.1) is 16.6 Å². The van der Waals surface area contributed by atoms with Crippen molar-refractivity contribution in [3.8, 4) is 6.07 Å². The molecule has 2 rings (SSSR count). The molecule has 1 aromatic carbocycles. The van der Waals surface area contributed by atoms with E-state index in [1.165, 1.54) is 18.2 Å². The molecular formula is C12H11N3O3. The molecule has 1 aliphatic rings. The molecule has 0 unspecified atom stereocenters. The number of Topliss-reactive ketones (excluding diaryl/α,β-unsaturated/α-hetero) is 1. The van der Waals surface area contributed by atoms with Gasteiger partial charge in [-0.05, 0) is 12.1 Å². The Morgan fingerprint density at radius 2 is 2.00 bits per heavy atom. The van der Waals surface area contributed by atoms with Crippen molar-refractivity contribution in [2.45, 2.75) is 12.8 Å². The van der Waals surface area contributed by atoms with Crippen LogP contribution in [-0.4, -0.2) is 23.8 Å². The fourth-order valence-electron chi connectivity index (χ4n) is 2.00. The van der Waals surface area contributed by atoms with Crippen LogP contribution in [-0.2, 0) is 4.79 Å². The van der Waals surface area contributed by atoms with Gasteiger partial charge in [-0.15, -0.1) is 0 Å². The molecule has 1 fully saturated rings. The Morgan fingerprint density at radius 3 is 2.56 bits per heavy atom. The quantitative estimate of drug-likeness (QED) is 0.583. The Bertz CT molecular complexity index is 538. The number of ketones is 1. The van der Waals surface area contributed by atoms with Gasteiger partial charge in [-0.1, -0.05) is 0 Å². The minimum atomic E-state index is -0.465. The number of carbonyl (C=O) groups is 1. The summed E-state index contributed by atoms with van der Waals surface area (Å²) in [7, 11) is 0. The predicted molar refractivity (Wildman–Crippen MR) is 64.3 cm³/mol. The lowest BCUT2D eigenvalue weighted by atomic mass is 10.1. The molecule has 0 spiro atoms. The van der Waals surface area contributed by atoms with Crippen molar-refractivity contribution in [3.63, 3.8) is 0 Å². The van der Waals surface area contributed by atoms with Crippen LogP contribution in [0.1, 0.15) is 18.4 Å². The molecule has 0 aromatic heterocycles. The van der Waals surface area contributed by atoms with E-state index >= 15 is 0 Å². The first-order valence-corrected chi connectivity index (χ1v) is 5.57. The first kappa shape index (κ1) is 12.0. The van der Waals surface area contributed by atoms with E-state index < -0.39 is 4.92 Å². The molecule has 0 N–H and O–H groups in total. The lowest BCUT2D eigenvalue weighted by Gasteiger charge is -2.27. The Kier molecular flexibility index (Phi) is 3.24. The highest BCUT2D eigenvalue weighted by Crippen LogP contribution is 2.30. The second-order valence-electron chi connectivity index (χ2n) is 4.10. The van der Waals surface area contributed by atoms with Gasteiger partial charge in [0.25, 0.3) is 5.69 Å². The third-order valence-electron chi connectivity index (χ3n) is 2.96. The van der Waals surface area contributed by atoms with Gasteiger partial charge >= 0.3 is 0 Å². The van der Waals surface area contributed by atoms with Crippen LogP contribution < -0.4 is 4.90 Å². The maximum Gasteiger partial charge on any atom is 0.292 e. The zero-order valence-electron chi connectivity index (χ0n) is 9.63. The number of nitriles is 1. The lowest BCUT2D eigenvalue weighted by Crippen LogP contribution is -2.34. The van der Waals surface area contributed by atoms with Gasteiger partial charge in [-0.25, -0.2) is 0 Å². The third kappa shape index (κ3) is 2.30. The van der Waals surface area contributed by atoms with Crippen LogP contribution in [0.5, 0.6) is 0 Å². The number of nitro groups is 1. The summed E-state index contributed by atoms with van der Waals surface area (Å²) in [6, 6.07) is 6.24. The van der Waals surface area contributed by atoms with E-state index in [2.05, 4.69) is 0 Å². The average molecular weight is 245 g/mol. The fraction of sp³-hybridized carbons (Fsp3) is 0.333. The standard InChI is InChI=1S/C12H11N3O3/c13-8-9-1-2-11(15(17)18)12(7-9)14-5-3-10(16)4-6-14/h1-2,7H,3-6H2. The average Bonchev–Trinajstić information content (AvgIpc) is 2.38. The molecule has 0 radical (unpaired) electrons. The van der Waals surface area contributed by atoms with Crippen LogP contribution in [0.25, 0.3) is 0 Å². The van der Waals surface area contributed by atoms with Gasteiger partial charge < -0.3 is 4.90 Å². The molecule has 92 valence electrons. The van der Waals surface area contributed by atoms with Gasteiger partial charge in [0, 0.05) is 32.0 Å². The number of hydrogen-bond donors (Lipinski definition) is 0. The number of nitro benzene ring substituents is 1. The van der Waals surface area contributed by atoms with E-state index in [0.29, 0.717) is 37.2 Å². The van der Waals surface area contributed by atoms with Crippen LogP contribution in [0, 0.1) is 21.4 Å². The van der Waals surface area contributed by atoms with Crippen LogP contribution in [0.2, 0.25) is 0 Å². The van der Waals surface area contributed by atoms with Gasteiger partial charge in [0.1, 0.15) is 11.5 Å². The molecule has 6 heteroatoms. The topological polar surface area (TPSA) is 87.2 Å². The van der Waals surface area contributed by atoms with Crippen molar-refractivity contribution < 1.29 is 9.72 Å². The Morgan fingerprint density at radius 1 is 1.33 bits per heavy atom. The lowest BCUT2D eigenvalue weighted by molar-refractivity contribution is -0.384. The maximum atomic E-state index is 11.2. The maximum absolute atomic E-state index is 11.2. The molecule has 6 nitrogen and oxygen atoms in total. The van der Waals surface area contributed by atoms with Crippen molar-refractivity contribution in [1.82, 2.24) is 0 Å². The minimum Gasteiger partial charge on any atom is -0.365 e. The highest BCUT2D eigenvalue weighted by atomic mass is 16.6. The Hall–Kier alpha value is -2.42. The van der Waals surface area contributed by atoms with Crippen molar-refractivity contribution in [3.05, 3.63) is 33.9 Å². The number of nitrogens with zero attached hydrogens (tertiary/aromatic N) is 3. The third-order valence-corrected chi connectivity index (χ3v) is 2.96. The summed E-state index contributed by atoms with van der Waals surface area (Å²) in [5.74, 6) is 0.172. The number of anilines is 1. The van der Waals surface area contributed by atoms with Crippen LogP contribution in [0.4, 0.5) is 11.4 Å². The first-order valence-electron chi connectivity index (χ1n) is 5.57. The summed E-state index contributed by atoms with van der Waals surface area (Å²) in [6.07, 6.45) is 0.794. The number of benzene rings is 1. The zero-order chi connectivity index (χ0) is 13.1. The second kappa shape index (κ2) is 4.84. The summed E-state index contributed by atoms with van der Waals surface area (Å²) >= 11 is 0. The second-order valence-corrected chi connectivity index (χ2v) is 4.10. The van der Waals surface area contributed by atoms with E-state index in [1.807, 2.05) is 6.07 Å².